The van der Waals surface area contributed by atoms with Gasteiger partial charge in [0.1, 0.15) is 11.2 Å². The summed E-state index contributed by atoms with van der Waals surface area (Å²) >= 11 is 5.82. The summed E-state index contributed by atoms with van der Waals surface area (Å²) in [5.41, 5.74) is 1.46. The maximum Gasteiger partial charge on any atom is 0.146 e. The van der Waals surface area contributed by atoms with Crippen LogP contribution in [0.4, 0.5) is 5.69 Å². The Morgan fingerprint density at radius 2 is 2.50 bits per heavy atom. The van der Waals surface area contributed by atoms with Crippen molar-refractivity contribution < 1.29 is 0 Å². The van der Waals surface area contributed by atoms with E-state index < -0.39 is 0 Å². The first-order valence-corrected chi connectivity index (χ1v) is 5.71. The molecule has 1 aromatic rings. The summed E-state index contributed by atoms with van der Waals surface area (Å²) in [6.07, 6.45) is 2.94. The van der Waals surface area contributed by atoms with Crippen molar-refractivity contribution in [1.29, 1.82) is 5.26 Å². The van der Waals surface area contributed by atoms with E-state index >= 15 is 0 Å². The van der Waals surface area contributed by atoms with Crippen LogP contribution in [0.3, 0.4) is 0 Å². The van der Waals surface area contributed by atoms with Crippen LogP contribution in [0.25, 0.3) is 0 Å². The van der Waals surface area contributed by atoms with Gasteiger partial charge in [0.15, 0.2) is 0 Å². The molecule has 0 unspecified atom stereocenters. The van der Waals surface area contributed by atoms with Crippen molar-refractivity contribution in [2.75, 3.05) is 18.0 Å². The van der Waals surface area contributed by atoms with E-state index in [2.05, 4.69) is 21.3 Å². The lowest BCUT2D eigenvalue weighted by Crippen LogP contribution is -2.43. The number of anilines is 1. The summed E-state index contributed by atoms with van der Waals surface area (Å²) in [6.45, 7) is 2.02. The van der Waals surface area contributed by atoms with Crippen LogP contribution >= 0.6 is 11.6 Å². The summed E-state index contributed by atoms with van der Waals surface area (Å²) in [5, 5.41) is 12.6. The van der Waals surface area contributed by atoms with E-state index in [9.17, 15) is 0 Å². The fourth-order valence-electron chi connectivity index (χ4n) is 2.55. The molecule has 3 heterocycles. The van der Waals surface area contributed by atoms with Gasteiger partial charge in [-0.2, -0.15) is 5.26 Å². The zero-order valence-corrected chi connectivity index (χ0v) is 9.41. The first-order chi connectivity index (χ1) is 7.78. The van der Waals surface area contributed by atoms with Crippen molar-refractivity contribution in [3.05, 3.63) is 23.0 Å². The van der Waals surface area contributed by atoms with Gasteiger partial charge in [-0.15, -0.1) is 0 Å². The molecule has 2 atom stereocenters. The van der Waals surface area contributed by atoms with Crippen LogP contribution in [0.15, 0.2) is 12.3 Å². The molecular weight excluding hydrogens is 224 g/mol. The molecular formula is C11H11ClN4. The van der Waals surface area contributed by atoms with E-state index in [0.717, 1.165) is 18.8 Å². The average molecular weight is 235 g/mol. The van der Waals surface area contributed by atoms with E-state index in [0.29, 0.717) is 17.6 Å². The van der Waals surface area contributed by atoms with E-state index in [4.69, 9.17) is 16.9 Å². The van der Waals surface area contributed by atoms with Crippen LogP contribution in [0.5, 0.6) is 0 Å². The zero-order valence-electron chi connectivity index (χ0n) is 8.65. The fourth-order valence-corrected chi connectivity index (χ4v) is 2.70. The normalized spacial score (nSPS) is 27.1. The third-order valence-electron chi connectivity index (χ3n) is 3.33. The van der Waals surface area contributed by atoms with Gasteiger partial charge in [0.2, 0.25) is 0 Å². The SMILES string of the molecule is N#Cc1cc(N2C[C@H]3C[C@@H]2CN3)cnc1Cl. The van der Waals surface area contributed by atoms with Crippen molar-refractivity contribution in [1.82, 2.24) is 10.3 Å². The molecule has 0 saturated carbocycles. The number of nitriles is 1. The second kappa shape index (κ2) is 3.62. The van der Waals surface area contributed by atoms with Gasteiger partial charge < -0.3 is 10.2 Å². The molecule has 82 valence electrons. The molecule has 0 radical (unpaired) electrons. The third-order valence-corrected chi connectivity index (χ3v) is 3.63. The van der Waals surface area contributed by atoms with E-state index in [-0.39, 0.29) is 5.15 Å². The van der Waals surface area contributed by atoms with Gasteiger partial charge in [-0.3, -0.25) is 0 Å². The number of nitrogens with zero attached hydrogens (tertiary/aromatic N) is 3. The molecule has 4 nitrogen and oxygen atoms in total. The maximum atomic E-state index is 8.91. The second-order valence-corrected chi connectivity index (χ2v) is 4.65. The van der Waals surface area contributed by atoms with Crippen molar-refractivity contribution in [2.45, 2.75) is 18.5 Å². The topological polar surface area (TPSA) is 52.0 Å². The van der Waals surface area contributed by atoms with Crippen LogP contribution in [-0.2, 0) is 0 Å². The van der Waals surface area contributed by atoms with Crippen molar-refractivity contribution in [3.63, 3.8) is 0 Å². The Morgan fingerprint density at radius 1 is 1.62 bits per heavy atom. The van der Waals surface area contributed by atoms with Gasteiger partial charge in [-0.25, -0.2) is 4.98 Å². The summed E-state index contributed by atoms with van der Waals surface area (Å²) in [7, 11) is 0. The average Bonchev–Trinajstić information content (AvgIpc) is 2.91. The second-order valence-electron chi connectivity index (χ2n) is 4.29. The number of aromatic nitrogens is 1. The summed E-state index contributed by atoms with van der Waals surface area (Å²) in [4.78, 5) is 6.37. The maximum absolute atomic E-state index is 8.91. The summed E-state index contributed by atoms with van der Waals surface area (Å²) in [6, 6.07) is 5.03. The van der Waals surface area contributed by atoms with Crippen LogP contribution in [0, 0.1) is 11.3 Å². The number of piperazine rings is 1. The first-order valence-electron chi connectivity index (χ1n) is 5.33. The highest BCUT2D eigenvalue weighted by molar-refractivity contribution is 6.30. The van der Waals surface area contributed by atoms with E-state index in [1.165, 1.54) is 6.42 Å². The zero-order chi connectivity index (χ0) is 11.1. The van der Waals surface area contributed by atoms with Crippen molar-refractivity contribution >= 4 is 17.3 Å². The molecule has 2 saturated heterocycles. The number of halogens is 1. The predicted octanol–water partition coefficient (Wildman–Crippen LogP) is 1.16. The number of rotatable bonds is 1. The quantitative estimate of drug-likeness (QED) is 0.741. The number of nitrogens with one attached hydrogen (secondary N) is 1. The minimum atomic E-state index is 0.286. The van der Waals surface area contributed by atoms with Gasteiger partial charge in [0.05, 0.1) is 17.4 Å². The Balaban J connectivity index is 1.93. The Kier molecular flexibility index (Phi) is 2.23. The monoisotopic (exact) mass is 234 g/mol. The lowest BCUT2D eigenvalue weighted by atomic mass is 10.2. The Labute approximate surface area is 98.8 Å². The highest BCUT2D eigenvalue weighted by Crippen LogP contribution is 2.30. The highest BCUT2D eigenvalue weighted by atomic mass is 35.5. The van der Waals surface area contributed by atoms with E-state index in [1.54, 1.807) is 6.20 Å². The number of fused-ring (bicyclic) bond motifs is 2. The van der Waals surface area contributed by atoms with Crippen LogP contribution in [-0.4, -0.2) is 30.2 Å². The van der Waals surface area contributed by atoms with Gasteiger partial charge in [0, 0.05) is 25.2 Å². The largest absolute Gasteiger partial charge is 0.364 e. The molecule has 2 aliphatic rings. The van der Waals surface area contributed by atoms with Gasteiger partial charge in [-0.1, -0.05) is 11.6 Å². The number of hydrogen-bond donors (Lipinski definition) is 1. The number of pyridine rings is 1. The lowest BCUT2D eigenvalue weighted by Gasteiger charge is -2.29. The van der Waals surface area contributed by atoms with Crippen LogP contribution in [0.2, 0.25) is 5.15 Å². The van der Waals surface area contributed by atoms with Crippen molar-refractivity contribution in [2.24, 2.45) is 0 Å². The molecule has 0 aliphatic carbocycles. The molecule has 0 aromatic carbocycles. The Hall–Kier alpha value is -1.31. The molecule has 16 heavy (non-hydrogen) atoms. The fraction of sp³-hybridized carbons (Fsp3) is 0.455. The lowest BCUT2D eigenvalue weighted by molar-refractivity contribution is 0.579. The van der Waals surface area contributed by atoms with E-state index in [1.807, 2.05) is 6.07 Å². The first kappa shape index (κ1) is 9.88. The van der Waals surface area contributed by atoms with Crippen LogP contribution < -0.4 is 10.2 Å². The third kappa shape index (κ3) is 1.44. The highest BCUT2D eigenvalue weighted by Gasteiger charge is 2.37. The van der Waals surface area contributed by atoms with Crippen molar-refractivity contribution in [3.8, 4) is 6.07 Å². The minimum absolute atomic E-state index is 0.286. The standard InChI is InChI=1S/C11H11ClN4/c12-11-7(3-13)1-9(5-15-11)16-6-8-2-10(16)4-14-8/h1,5,8,10,14H,2,4,6H2/t8-,10-/m1/s1. The molecule has 2 aliphatic heterocycles. The minimum Gasteiger partial charge on any atom is -0.364 e. The smallest absolute Gasteiger partial charge is 0.146 e. The Morgan fingerprint density at radius 3 is 3.12 bits per heavy atom. The summed E-state index contributed by atoms with van der Waals surface area (Å²) in [5.74, 6) is 0. The van der Waals surface area contributed by atoms with Crippen LogP contribution in [0.1, 0.15) is 12.0 Å². The number of hydrogen-bond acceptors (Lipinski definition) is 4. The van der Waals surface area contributed by atoms with Gasteiger partial charge >= 0.3 is 0 Å². The molecule has 1 aromatic heterocycles. The molecule has 2 bridgehead atoms. The molecule has 5 heteroatoms. The molecule has 0 spiro atoms. The Bertz CT molecular complexity index is 468. The molecule has 3 rings (SSSR count). The molecule has 1 N–H and O–H groups in total. The van der Waals surface area contributed by atoms with Gasteiger partial charge in [0.25, 0.3) is 0 Å². The molecule has 2 fully saturated rings. The predicted molar refractivity (Wildman–Crippen MR) is 61.5 cm³/mol. The molecule has 0 amide bonds. The summed E-state index contributed by atoms with van der Waals surface area (Å²) < 4.78 is 0. The van der Waals surface area contributed by atoms with Gasteiger partial charge in [-0.05, 0) is 12.5 Å².